The highest BCUT2D eigenvalue weighted by molar-refractivity contribution is 6.39. The van der Waals surface area contributed by atoms with Gasteiger partial charge in [0.15, 0.2) is 0 Å². The van der Waals surface area contributed by atoms with Gasteiger partial charge in [0.2, 0.25) is 0 Å². The Morgan fingerprint density at radius 3 is 2.29 bits per heavy atom. The predicted molar refractivity (Wildman–Crippen MR) is 132 cm³/mol. The molecule has 9 nitrogen and oxygen atoms in total. The van der Waals surface area contributed by atoms with Crippen molar-refractivity contribution in [3.63, 3.8) is 0 Å². The number of aromatic nitrogens is 3. The number of rotatable bonds is 6. The van der Waals surface area contributed by atoms with Gasteiger partial charge in [-0.15, -0.1) is 0 Å². The van der Waals surface area contributed by atoms with Crippen LogP contribution in [0.4, 0.5) is 0 Å². The van der Waals surface area contributed by atoms with E-state index in [9.17, 15) is 24.3 Å². The van der Waals surface area contributed by atoms with Crippen molar-refractivity contribution in [3.05, 3.63) is 103 Å². The number of carboxylic acid groups (broad SMARTS) is 1. The molecule has 0 bridgehead atoms. The maximum atomic E-state index is 13.0. The summed E-state index contributed by atoms with van der Waals surface area (Å²) < 4.78 is 2.44. The highest BCUT2D eigenvalue weighted by atomic mass is 35.5. The molecule has 2 N–H and O–H groups in total. The molecule has 0 spiro atoms. The van der Waals surface area contributed by atoms with Gasteiger partial charge in [0.25, 0.3) is 11.5 Å². The van der Waals surface area contributed by atoms with Crippen LogP contribution in [0.2, 0.25) is 10.0 Å². The van der Waals surface area contributed by atoms with Gasteiger partial charge in [0, 0.05) is 25.9 Å². The van der Waals surface area contributed by atoms with Crippen molar-refractivity contribution < 1.29 is 14.7 Å². The summed E-state index contributed by atoms with van der Waals surface area (Å²) in [6, 6.07) is 11.8. The summed E-state index contributed by atoms with van der Waals surface area (Å²) in [5, 5.41) is 12.4. The van der Waals surface area contributed by atoms with E-state index in [2.05, 4.69) is 10.3 Å². The van der Waals surface area contributed by atoms with Crippen molar-refractivity contribution in [2.75, 3.05) is 0 Å². The Morgan fingerprint density at radius 2 is 1.66 bits per heavy atom. The van der Waals surface area contributed by atoms with Crippen molar-refractivity contribution in [1.29, 1.82) is 0 Å². The third kappa shape index (κ3) is 4.68. The zero-order valence-electron chi connectivity index (χ0n) is 18.2. The molecule has 11 heteroatoms. The van der Waals surface area contributed by atoms with Crippen molar-refractivity contribution in [2.24, 2.45) is 7.05 Å². The maximum Gasteiger partial charge on any atom is 0.335 e. The third-order valence-corrected chi connectivity index (χ3v) is 6.07. The average molecular weight is 513 g/mol. The number of hydrogen-bond acceptors (Lipinski definition) is 5. The van der Waals surface area contributed by atoms with Crippen LogP contribution < -0.4 is 16.6 Å². The lowest BCUT2D eigenvalue weighted by atomic mass is 10.0. The molecular formula is C24H18Cl2N4O5. The van der Waals surface area contributed by atoms with Crippen molar-refractivity contribution in [3.8, 4) is 5.69 Å². The smallest absolute Gasteiger partial charge is 0.335 e. The molecule has 0 radical (unpaired) electrons. The number of fused-ring (bicyclic) bond motifs is 1. The van der Waals surface area contributed by atoms with Gasteiger partial charge >= 0.3 is 11.7 Å². The Hall–Kier alpha value is -3.95. The van der Waals surface area contributed by atoms with E-state index >= 15 is 0 Å². The molecule has 1 atom stereocenters. The highest BCUT2D eigenvalue weighted by Crippen LogP contribution is 2.23. The van der Waals surface area contributed by atoms with Crippen LogP contribution in [0.5, 0.6) is 0 Å². The van der Waals surface area contributed by atoms with Gasteiger partial charge in [-0.2, -0.15) is 0 Å². The molecular weight excluding hydrogens is 495 g/mol. The Bertz CT molecular complexity index is 1560. The van der Waals surface area contributed by atoms with Crippen LogP contribution in [0, 0.1) is 0 Å². The van der Waals surface area contributed by atoms with E-state index in [0.717, 1.165) is 4.57 Å². The van der Waals surface area contributed by atoms with Gasteiger partial charge in [-0.3, -0.25) is 19.1 Å². The van der Waals surface area contributed by atoms with Gasteiger partial charge in [0.05, 0.1) is 32.2 Å². The minimum absolute atomic E-state index is 0.00843. The number of carboxylic acids is 1. The van der Waals surface area contributed by atoms with Crippen molar-refractivity contribution >= 4 is 46.0 Å². The number of carbonyl (C=O) groups excluding carboxylic acids is 1. The molecule has 0 aliphatic heterocycles. The Balaban J connectivity index is 1.61. The van der Waals surface area contributed by atoms with Crippen LogP contribution in [0.15, 0.2) is 70.5 Å². The first-order valence-electron chi connectivity index (χ1n) is 10.3. The first-order valence-corrected chi connectivity index (χ1v) is 11.1. The predicted octanol–water partition coefficient (Wildman–Crippen LogP) is 2.82. The lowest BCUT2D eigenvalue weighted by Crippen LogP contribution is -2.42. The molecule has 0 fully saturated rings. The van der Waals surface area contributed by atoms with Crippen LogP contribution in [-0.4, -0.2) is 37.1 Å². The van der Waals surface area contributed by atoms with Crippen LogP contribution >= 0.6 is 23.2 Å². The number of nitrogens with zero attached hydrogens (tertiary/aromatic N) is 3. The van der Waals surface area contributed by atoms with E-state index in [1.807, 2.05) is 0 Å². The van der Waals surface area contributed by atoms with Crippen molar-refractivity contribution in [1.82, 2.24) is 19.4 Å². The van der Waals surface area contributed by atoms with Crippen LogP contribution in [0.25, 0.3) is 16.6 Å². The molecule has 0 saturated heterocycles. The number of halogens is 2. The van der Waals surface area contributed by atoms with E-state index in [0.29, 0.717) is 22.2 Å². The van der Waals surface area contributed by atoms with E-state index in [-0.39, 0.29) is 22.0 Å². The number of amides is 1. The molecule has 4 rings (SSSR count). The van der Waals surface area contributed by atoms with Gasteiger partial charge in [-0.1, -0.05) is 47.5 Å². The number of para-hydroxylation sites is 1. The minimum atomic E-state index is -1.29. The van der Waals surface area contributed by atoms with Gasteiger partial charge in [-0.25, -0.2) is 14.2 Å². The van der Waals surface area contributed by atoms with Crippen LogP contribution in [0.3, 0.4) is 0 Å². The number of aryl methyl sites for hydroxylation is 1. The van der Waals surface area contributed by atoms with Crippen molar-refractivity contribution in [2.45, 2.75) is 12.5 Å². The summed E-state index contributed by atoms with van der Waals surface area (Å²) in [7, 11) is 1.58. The van der Waals surface area contributed by atoms with Crippen LogP contribution in [0.1, 0.15) is 15.9 Å². The number of nitrogens with one attached hydrogen (secondary N) is 1. The van der Waals surface area contributed by atoms with Gasteiger partial charge in [0.1, 0.15) is 6.04 Å². The number of carbonyl (C=O) groups is 2. The molecule has 1 amide bonds. The molecule has 0 saturated carbocycles. The topological polar surface area (TPSA) is 123 Å². The lowest BCUT2D eigenvalue weighted by molar-refractivity contribution is -0.139. The van der Waals surface area contributed by atoms with E-state index in [1.54, 1.807) is 55.6 Å². The van der Waals surface area contributed by atoms with E-state index in [4.69, 9.17) is 23.2 Å². The van der Waals surface area contributed by atoms with Gasteiger partial charge < -0.3 is 10.4 Å². The fraction of sp³-hybridized carbons (Fsp3) is 0.125. The highest BCUT2D eigenvalue weighted by Gasteiger charge is 2.24. The molecule has 4 aromatic rings. The second kappa shape index (κ2) is 9.73. The number of hydrogen-bond donors (Lipinski definition) is 2. The Kier molecular flexibility index (Phi) is 6.72. The molecule has 2 aromatic heterocycles. The minimum Gasteiger partial charge on any atom is -0.480 e. The summed E-state index contributed by atoms with van der Waals surface area (Å²) in [6.07, 6.45) is 2.40. The molecule has 2 aromatic carbocycles. The second-order valence-electron chi connectivity index (χ2n) is 7.71. The molecule has 1 unspecified atom stereocenters. The standard InChI is InChI=1S/C24H18Cl2N4O5/c1-29-19-5-3-2-4-15(19)22(32)30(24(29)35)14-8-6-13(7-9-14)10-18(23(33)34)28-21(31)20-16(25)11-27-12-17(20)26/h2-9,11-12,18H,10H2,1H3,(H,28,31)(H,33,34). The first kappa shape index (κ1) is 24.2. The number of pyridine rings is 1. The van der Waals surface area contributed by atoms with E-state index in [1.165, 1.54) is 17.0 Å². The fourth-order valence-electron chi connectivity index (χ4n) is 3.71. The average Bonchev–Trinajstić information content (AvgIpc) is 2.83. The molecule has 2 heterocycles. The van der Waals surface area contributed by atoms with Gasteiger partial charge in [-0.05, 0) is 29.8 Å². The number of benzene rings is 2. The van der Waals surface area contributed by atoms with Crippen LogP contribution in [-0.2, 0) is 18.3 Å². The van der Waals surface area contributed by atoms with E-state index < -0.39 is 29.2 Å². The normalized spacial score (nSPS) is 11.9. The Morgan fingerprint density at radius 1 is 1.03 bits per heavy atom. The first-order chi connectivity index (χ1) is 16.7. The lowest BCUT2D eigenvalue weighted by Gasteiger charge is -2.16. The summed E-state index contributed by atoms with van der Waals surface area (Å²) in [5.41, 5.74) is 0.359. The fourth-order valence-corrected chi connectivity index (χ4v) is 4.25. The largest absolute Gasteiger partial charge is 0.480 e. The second-order valence-corrected chi connectivity index (χ2v) is 8.53. The third-order valence-electron chi connectivity index (χ3n) is 5.50. The quantitative estimate of drug-likeness (QED) is 0.409. The summed E-state index contributed by atoms with van der Waals surface area (Å²) in [6.45, 7) is 0. The summed E-state index contributed by atoms with van der Waals surface area (Å²) in [5.74, 6) is -2.01. The molecule has 178 valence electrons. The molecule has 35 heavy (non-hydrogen) atoms. The number of aliphatic carboxylic acids is 1. The molecule has 0 aliphatic carbocycles. The Labute approximate surface area is 208 Å². The summed E-state index contributed by atoms with van der Waals surface area (Å²) in [4.78, 5) is 54.0. The SMILES string of the molecule is Cn1c(=O)n(-c2ccc(CC(NC(=O)c3c(Cl)cncc3Cl)C(=O)O)cc2)c(=O)c2ccccc21. The monoisotopic (exact) mass is 512 g/mol. The zero-order valence-corrected chi connectivity index (χ0v) is 19.7. The zero-order chi connectivity index (χ0) is 25.3. The summed E-state index contributed by atoms with van der Waals surface area (Å²) >= 11 is 12.0. The maximum absolute atomic E-state index is 13.0. The molecule has 0 aliphatic rings.